The molecular formula is C24H25N7O3. The normalized spacial score (nSPS) is 15.7. The first kappa shape index (κ1) is 21.5. The molecule has 0 spiro atoms. The quantitative estimate of drug-likeness (QED) is 0.372. The lowest BCUT2D eigenvalue weighted by atomic mass is 10.1. The Morgan fingerprint density at radius 3 is 2.76 bits per heavy atom. The van der Waals surface area contributed by atoms with Crippen molar-refractivity contribution in [2.45, 2.75) is 12.5 Å². The maximum atomic E-state index is 13.2. The second kappa shape index (κ2) is 8.22. The van der Waals surface area contributed by atoms with Crippen LogP contribution in [0.1, 0.15) is 16.8 Å². The van der Waals surface area contributed by atoms with Crippen molar-refractivity contribution in [3.05, 3.63) is 58.4 Å². The molecule has 10 nitrogen and oxygen atoms in total. The highest BCUT2D eigenvalue weighted by atomic mass is 16.2. The minimum atomic E-state index is -0.350. The van der Waals surface area contributed by atoms with Crippen molar-refractivity contribution in [1.29, 1.82) is 0 Å². The lowest BCUT2D eigenvalue weighted by Crippen LogP contribution is -2.44. The van der Waals surface area contributed by atoms with Gasteiger partial charge in [-0.2, -0.15) is 0 Å². The number of carbonyl (C=O) groups excluding carboxylic acids is 2. The predicted octanol–water partition coefficient (Wildman–Crippen LogP) is 2.14. The summed E-state index contributed by atoms with van der Waals surface area (Å²) in [4.78, 5) is 51.6. The molecule has 3 amide bonds. The molecule has 10 heteroatoms. The first-order valence-corrected chi connectivity index (χ1v) is 11.0. The number of H-pyrrole nitrogens is 2. The molecule has 1 saturated heterocycles. The molecule has 2 aromatic carbocycles. The first-order valence-electron chi connectivity index (χ1n) is 11.0. The zero-order chi connectivity index (χ0) is 24.0. The number of benzene rings is 2. The monoisotopic (exact) mass is 459 g/mol. The van der Waals surface area contributed by atoms with Crippen LogP contribution in [-0.4, -0.2) is 69.9 Å². The molecule has 1 unspecified atom stereocenters. The number of hydrogen-bond acceptors (Lipinski definition) is 5. The molecule has 1 aliphatic heterocycles. The number of aromatic nitrogens is 3. The molecule has 0 aliphatic carbocycles. The van der Waals surface area contributed by atoms with Crippen LogP contribution in [0.5, 0.6) is 0 Å². The summed E-state index contributed by atoms with van der Waals surface area (Å²) in [5.41, 5.74) is 9.53. The van der Waals surface area contributed by atoms with Crippen LogP contribution in [0.25, 0.3) is 33.3 Å². The number of anilines is 1. The van der Waals surface area contributed by atoms with E-state index in [4.69, 9.17) is 5.73 Å². The second-order valence-electron chi connectivity index (χ2n) is 8.47. The molecule has 1 aliphatic rings. The van der Waals surface area contributed by atoms with E-state index in [0.717, 1.165) is 0 Å². The van der Waals surface area contributed by atoms with Crippen molar-refractivity contribution in [3.63, 3.8) is 0 Å². The third kappa shape index (κ3) is 3.53. The average Bonchev–Trinajstić information content (AvgIpc) is 3.47. The molecule has 4 aromatic rings. The number of nitrogens with zero attached hydrogens (tertiary/aromatic N) is 3. The van der Waals surface area contributed by atoms with E-state index in [1.165, 1.54) is 0 Å². The van der Waals surface area contributed by atoms with Gasteiger partial charge in [-0.15, -0.1) is 0 Å². The average molecular weight is 460 g/mol. The molecular weight excluding hydrogens is 434 g/mol. The number of likely N-dealkylation sites (tertiary alicyclic amines) is 1. The van der Waals surface area contributed by atoms with Crippen LogP contribution in [0.4, 0.5) is 10.5 Å². The number of nitrogens with two attached hydrogens (primary N) is 1. The van der Waals surface area contributed by atoms with Gasteiger partial charge in [0.15, 0.2) is 5.69 Å². The SMILES string of the molecule is CNC(=O)N(C)C1CCN(C(=O)c2ccc3[nH]c(-c4nc5ccccc5[nH]c4=O)c(N)c3c2)C1. The maximum Gasteiger partial charge on any atom is 0.317 e. The summed E-state index contributed by atoms with van der Waals surface area (Å²) in [5.74, 6) is -0.126. The van der Waals surface area contributed by atoms with Gasteiger partial charge in [-0.3, -0.25) is 9.59 Å². The number of nitrogen functional groups attached to an aromatic ring is 1. The van der Waals surface area contributed by atoms with Gasteiger partial charge < -0.3 is 30.8 Å². The Balaban J connectivity index is 1.46. The fourth-order valence-corrected chi connectivity index (χ4v) is 4.50. The summed E-state index contributed by atoms with van der Waals surface area (Å²) in [6, 6.07) is 12.3. The zero-order valence-electron chi connectivity index (χ0n) is 18.9. The number of carbonyl (C=O) groups is 2. The molecule has 3 heterocycles. The molecule has 1 atom stereocenters. The lowest BCUT2D eigenvalue weighted by molar-refractivity contribution is 0.0782. The number of likely N-dealkylation sites (N-methyl/N-ethyl adjacent to an activating group) is 1. The largest absolute Gasteiger partial charge is 0.396 e. The number of aromatic amines is 2. The van der Waals surface area contributed by atoms with Crippen molar-refractivity contribution >= 4 is 39.6 Å². The van der Waals surface area contributed by atoms with Crippen LogP contribution in [0.2, 0.25) is 0 Å². The summed E-state index contributed by atoms with van der Waals surface area (Å²) >= 11 is 0. The van der Waals surface area contributed by atoms with Crippen LogP contribution in [-0.2, 0) is 0 Å². The van der Waals surface area contributed by atoms with Crippen molar-refractivity contribution in [1.82, 2.24) is 30.1 Å². The van der Waals surface area contributed by atoms with Gasteiger partial charge in [-0.1, -0.05) is 12.1 Å². The third-order valence-electron chi connectivity index (χ3n) is 6.45. The minimum absolute atomic E-state index is 0.0396. The highest BCUT2D eigenvalue weighted by molar-refractivity contribution is 6.04. The van der Waals surface area contributed by atoms with E-state index in [1.54, 1.807) is 48.2 Å². The summed E-state index contributed by atoms with van der Waals surface area (Å²) in [5, 5.41) is 3.26. The Bertz CT molecular complexity index is 1490. The summed E-state index contributed by atoms with van der Waals surface area (Å²) < 4.78 is 0. The van der Waals surface area contributed by atoms with E-state index in [2.05, 4.69) is 20.3 Å². The fraction of sp³-hybridized carbons (Fsp3) is 0.250. The van der Waals surface area contributed by atoms with Gasteiger partial charge in [0.25, 0.3) is 11.5 Å². The number of para-hydroxylation sites is 2. The van der Waals surface area contributed by atoms with Gasteiger partial charge in [0.1, 0.15) is 0 Å². The minimum Gasteiger partial charge on any atom is -0.396 e. The Kier molecular flexibility index (Phi) is 5.20. The molecule has 0 bridgehead atoms. The molecule has 1 fully saturated rings. The van der Waals surface area contributed by atoms with E-state index < -0.39 is 0 Å². The molecule has 0 radical (unpaired) electrons. The second-order valence-corrected chi connectivity index (χ2v) is 8.47. The summed E-state index contributed by atoms with van der Waals surface area (Å²) in [6.45, 7) is 1.03. The molecule has 174 valence electrons. The van der Waals surface area contributed by atoms with E-state index in [-0.39, 0.29) is 29.2 Å². The van der Waals surface area contributed by atoms with Crippen molar-refractivity contribution in [2.75, 3.05) is 32.9 Å². The van der Waals surface area contributed by atoms with Gasteiger partial charge in [0.2, 0.25) is 0 Å². The molecule has 2 aromatic heterocycles. The third-order valence-corrected chi connectivity index (χ3v) is 6.45. The first-order chi connectivity index (χ1) is 16.4. The Morgan fingerprint density at radius 1 is 1.18 bits per heavy atom. The number of nitrogens with one attached hydrogen (secondary N) is 3. The molecule has 5 rings (SSSR count). The van der Waals surface area contributed by atoms with Gasteiger partial charge in [-0.05, 0) is 36.8 Å². The zero-order valence-corrected chi connectivity index (χ0v) is 18.9. The van der Waals surface area contributed by atoms with Crippen LogP contribution < -0.4 is 16.6 Å². The van der Waals surface area contributed by atoms with Crippen LogP contribution in [0, 0.1) is 0 Å². The number of rotatable bonds is 3. The van der Waals surface area contributed by atoms with E-state index in [1.807, 2.05) is 18.2 Å². The molecule has 5 N–H and O–H groups in total. The van der Waals surface area contributed by atoms with Crippen LogP contribution >= 0.6 is 0 Å². The lowest BCUT2D eigenvalue weighted by Gasteiger charge is -2.24. The summed E-state index contributed by atoms with van der Waals surface area (Å²) in [6.07, 6.45) is 0.713. The van der Waals surface area contributed by atoms with E-state index in [9.17, 15) is 14.4 Å². The Hall–Kier alpha value is -4.34. The molecule has 34 heavy (non-hydrogen) atoms. The summed E-state index contributed by atoms with van der Waals surface area (Å²) in [7, 11) is 3.32. The Morgan fingerprint density at radius 2 is 1.97 bits per heavy atom. The highest BCUT2D eigenvalue weighted by Crippen LogP contribution is 2.32. The predicted molar refractivity (Wildman–Crippen MR) is 131 cm³/mol. The highest BCUT2D eigenvalue weighted by Gasteiger charge is 2.31. The standard InChI is InChI=1S/C24H25N7O3/c1-26-24(34)30(2)14-9-10-31(12-14)23(33)13-7-8-16-15(11-13)19(25)20(27-16)21-22(32)29-18-6-4-3-5-17(18)28-21/h3-8,11,14,27H,9-10,12,25H2,1-2H3,(H,26,34)(H,29,32). The molecule has 0 saturated carbocycles. The van der Waals surface area contributed by atoms with Crippen LogP contribution in [0.3, 0.4) is 0 Å². The topological polar surface area (TPSA) is 140 Å². The Labute approximate surface area is 194 Å². The van der Waals surface area contributed by atoms with E-state index in [0.29, 0.717) is 58.4 Å². The maximum absolute atomic E-state index is 13.2. The number of hydrogen-bond donors (Lipinski definition) is 4. The van der Waals surface area contributed by atoms with Gasteiger partial charge in [0.05, 0.1) is 28.5 Å². The van der Waals surface area contributed by atoms with Gasteiger partial charge in [-0.25, -0.2) is 9.78 Å². The number of urea groups is 1. The van der Waals surface area contributed by atoms with Crippen LogP contribution in [0.15, 0.2) is 47.3 Å². The van der Waals surface area contributed by atoms with Gasteiger partial charge >= 0.3 is 6.03 Å². The van der Waals surface area contributed by atoms with Crippen molar-refractivity contribution < 1.29 is 9.59 Å². The number of fused-ring (bicyclic) bond motifs is 2. The van der Waals surface area contributed by atoms with Crippen molar-refractivity contribution in [3.8, 4) is 11.4 Å². The van der Waals surface area contributed by atoms with Gasteiger partial charge in [0, 0.05) is 43.7 Å². The van der Waals surface area contributed by atoms with E-state index >= 15 is 0 Å². The smallest absolute Gasteiger partial charge is 0.317 e. The fourth-order valence-electron chi connectivity index (χ4n) is 4.50. The number of amides is 3. The van der Waals surface area contributed by atoms with Crippen molar-refractivity contribution in [2.24, 2.45) is 0 Å².